The van der Waals surface area contributed by atoms with Gasteiger partial charge in [-0.3, -0.25) is 4.79 Å². The summed E-state index contributed by atoms with van der Waals surface area (Å²) in [4.78, 5) is 12.7. The number of hydrogen-bond acceptors (Lipinski definition) is 8. The molecule has 1 aliphatic heterocycles. The zero-order valence-corrected chi connectivity index (χ0v) is 31.5. The molecule has 0 saturated heterocycles. The normalized spacial score (nSPS) is 25.6. The molecule has 4 rings (SSSR count). The van der Waals surface area contributed by atoms with Crippen LogP contribution in [0.4, 0.5) is 0 Å². The number of aliphatic carboxylic acids is 1. The van der Waals surface area contributed by atoms with Gasteiger partial charge in [-0.05, 0) is 123 Å². The first-order valence-corrected chi connectivity index (χ1v) is 21.3. The summed E-state index contributed by atoms with van der Waals surface area (Å²) in [5.41, 5.74) is 10.8. The Morgan fingerprint density at radius 3 is 2.32 bits per heavy atom. The van der Waals surface area contributed by atoms with Crippen LogP contribution in [0, 0.1) is 35.5 Å². The summed E-state index contributed by atoms with van der Waals surface area (Å²) < 4.78 is 0. The highest BCUT2D eigenvalue weighted by molar-refractivity contribution is 8.76. The second-order valence-electron chi connectivity index (χ2n) is 14.8. The smallest absolute Gasteiger partial charge is 0.309 e. The molecule has 50 heavy (non-hydrogen) atoms. The van der Waals surface area contributed by atoms with Gasteiger partial charge in [0.2, 0.25) is 0 Å². The van der Waals surface area contributed by atoms with Gasteiger partial charge in [-0.25, -0.2) is 0 Å². The molecule has 0 bridgehead atoms. The minimum atomic E-state index is -0.985. The second kappa shape index (κ2) is 21.6. The SMILES string of the molecule is CC(O)C(C(=O)O)C1CCc2ccccc2CSSCC(Cc2cccc(CO)c2)C(CC=CC(O)C(O)C2CCCCC2)CCC1CCN. The Labute approximate surface area is 307 Å². The van der Waals surface area contributed by atoms with E-state index in [0.29, 0.717) is 19.4 Å². The molecule has 1 aliphatic carbocycles. The lowest BCUT2D eigenvalue weighted by atomic mass is 9.71. The van der Waals surface area contributed by atoms with E-state index in [1.54, 1.807) is 13.0 Å². The van der Waals surface area contributed by atoms with Crippen LogP contribution in [0.5, 0.6) is 0 Å². The predicted octanol–water partition coefficient (Wildman–Crippen LogP) is 7.17. The minimum Gasteiger partial charge on any atom is -0.481 e. The number of aliphatic hydroxyl groups is 4. The lowest BCUT2D eigenvalue weighted by Crippen LogP contribution is -2.38. The van der Waals surface area contributed by atoms with Crippen molar-refractivity contribution in [3.8, 4) is 0 Å². The van der Waals surface area contributed by atoms with Gasteiger partial charge >= 0.3 is 5.97 Å². The third-order valence-electron chi connectivity index (χ3n) is 11.4. The standard InChI is InChI=1S/C41H61NO6S2/c1-28(44)39(41(47)48)37-20-19-31-11-5-6-14-35(31)26-49-50-27-36(24-29-9-7-10-30(23-29)25-43)32(17-18-33(37)21-22-42)15-8-16-38(45)40(46)34-12-3-2-4-13-34/h5-11,14,16,23,28,32-34,36-40,43-46H,2-4,12-13,15,17-22,24-27,42H2,1H3,(H,47,48). The average Bonchev–Trinajstić information content (AvgIpc) is 3.12. The van der Waals surface area contributed by atoms with Crippen molar-refractivity contribution in [1.82, 2.24) is 0 Å². The Hall–Kier alpha value is -1.85. The van der Waals surface area contributed by atoms with Crippen molar-refractivity contribution < 1.29 is 30.3 Å². The number of aryl methyl sites for hydroxylation is 1. The van der Waals surface area contributed by atoms with Crippen molar-refractivity contribution in [3.05, 3.63) is 82.9 Å². The lowest BCUT2D eigenvalue weighted by Gasteiger charge is -2.35. The first kappa shape index (κ1) is 40.9. The van der Waals surface area contributed by atoms with E-state index in [9.17, 15) is 30.3 Å². The molecule has 8 unspecified atom stereocenters. The highest BCUT2D eigenvalue weighted by Gasteiger charge is 2.37. The molecule has 1 heterocycles. The van der Waals surface area contributed by atoms with Crippen molar-refractivity contribution in [2.75, 3.05) is 12.3 Å². The molecule has 1 fully saturated rings. The van der Waals surface area contributed by atoms with Crippen LogP contribution in [-0.2, 0) is 30.0 Å². The average molecular weight is 728 g/mol. The number of carbonyl (C=O) groups is 1. The van der Waals surface area contributed by atoms with Crippen LogP contribution >= 0.6 is 21.6 Å². The number of aliphatic hydroxyl groups excluding tert-OH is 4. The zero-order chi connectivity index (χ0) is 35.9. The molecule has 2 aliphatic rings. The van der Waals surface area contributed by atoms with E-state index in [-0.39, 0.29) is 36.2 Å². The van der Waals surface area contributed by atoms with E-state index in [4.69, 9.17) is 5.73 Å². The van der Waals surface area contributed by atoms with Crippen molar-refractivity contribution in [1.29, 1.82) is 0 Å². The van der Waals surface area contributed by atoms with Crippen molar-refractivity contribution in [3.63, 3.8) is 0 Å². The predicted molar refractivity (Wildman–Crippen MR) is 207 cm³/mol. The van der Waals surface area contributed by atoms with Crippen molar-refractivity contribution in [2.45, 2.75) is 115 Å². The monoisotopic (exact) mass is 727 g/mol. The summed E-state index contributed by atoms with van der Waals surface area (Å²) in [6, 6.07) is 16.6. The Morgan fingerprint density at radius 2 is 1.62 bits per heavy atom. The van der Waals surface area contributed by atoms with Gasteiger partial charge in [0.05, 0.1) is 30.8 Å². The lowest BCUT2D eigenvalue weighted by molar-refractivity contribution is -0.149. The summed E-state index contributed by atoms with van der Waals surface area (Å²) in [6.07, 6.45) is 11.8. The number of benzene rings is 2. The Bertz CT molecular complexity index is 1320. The Morgan fingerprint density at radius 1 is 0.900 bits per heavy atom. The summed E-state index contributed by atoms with van der Waals surface area (Å²) in [7, 11) is 3.75. The summed E-state index contributed by atoms with van der Waals surface area (Å²) in [6.45, 7) is 2.04. The quantitative estimate of drug-likeness (QED) is 0.0935. The molecule has 8 atom stereocenters. The van der Waals surface area contributed by atoms with Gasteiger partial charge in [-0.2, -0.15) is 0 Å². The van der Waals surface area contributed by atoms with Crippen molar-refractivity contribution in [2.24, 2.45) is 41.2 Å². The summed E-state index contributed by atoms with van der Waals surface area (Å²) >= 11 is 0. The Balaban J connectivity index is 1.67. The molecule has 2 aromatic rings. The molecule has 1 saturated carbocycles. The fourth-order valence-corrected chi connectivity index (χ4v) is 11.1. The molecule has 0 aromatic heterocycles. The number of carboxylic acid groups (broad SMARTS) is 1. The molecule has 2 aromatic carbocycles. The van der Waals surface area contributed by atoms with E-state index >= 15 is 0 Å². The minimum absolute atomic E-state index is 0.00786. The van der Waals surface area contributed by atoms with Gasteiger partial charge in [0.25, 0.3) is 0 Å². The van der Waals surface area contributed by atoms with Crippen LogP contribution in [0.25, 0.3) is 0 Å². The largest absolute Gasteiger partial charge is 0.481 e. The number of allylic oxidation sites excluding steroid dienone is 1. The van der Waals surface area contributed by atoms with Crippen LogP contribution < -0.4 is 5.73 Å². The van der Waals surface area contributed by atoms with E-state index in [0.717, 1.165) is 74.9 Å². The van der Waals surface area contributed by atoms with Crippen LogP contribution in [0.2, 0.25) is 0 Å². The van der Waals surface area contributed by atoms with Gasteiger partial charge in [-0.1, -0.05) is 102 Å². The zero-order valence-electron chi connectivity index (χ0n) is 29.8. The third kappa shape index (κ3) is 12.4. The number of carboxylic acids is 1. The van der Waals surface area contributed by atoms with Gasteiger partial charge in [0, 0.05) is 11.5 Å². The number of nitrogens with two attached hydrogens (primary N) is 1. The van der Waals surface area contributed by atoms with E-state index in [1.165, 1.54) is 23.1 Å². The molecule has 0 amide bonds. The molecule has 7 nitrogen and oxygen atoms in total. The van der Waals surface area contributed by atoms with Crippen LogP contribution in [0.3, 0.4) is 0 Å². The van der Waals surface area contributed by atoms with E-state index in [2.05, 4.69) is 42.5 Å². The van der Waals surface area contributed by atoms with Crippen molar-refractivity contribution >= 4 is 27.6 Å². The van der Waals surface area contributed by atoms with Crippen LogP contribution in [0.15, 0.2) is 60.7 Å². The highest BCUT2D eigenvalue weighted by Crippen LogP contribution is 2.40. The topological polar surface area (TPSA) is 144 Å². The molecular weight excluding hydrogens is 667 g/mol. The van der Waals surface area contributed by atoms with Gasteiger partial charge in [-0.15, -0.1) is 0 Å². The third-order valence-corrected chi connectivity index (χ3v) is 13.8. The molecule has 7 N–H and O–H groups in total. The fourth-order valence-electron chi connectivity index (χ4n) is 8.50. The second-order valence-corrected chi connectivity index (χ2v) is 17.3. The number of hydrogen-bond donors (Lipinski definition) is 6. The highest BCUT2D eigenvalue weighted by atomic mass is 33.1. The first-order chi connectivity index (χ1) is 24.2. The van der Waals surface area contributed by atoms with E-state index < -0.39 is 30.2 Å². The number of fused-ring (bicyclic) bond motifs is 1. The molecule has 278 valence electrons. The summed E-state index contributed by atoms with van der Waals surface area (Å²) in [5, 5.41) is 53.0. The van der Waals surface area contributed by atoms with Gasteiger partial charge in [0.1, 0.15) is 0 Å². The van der Waals surface area contributed by atoms with E-state index in [1.807, 2.05) is 33.7 Å². The summed E-state index contributed by atoms with van der Waals surface area (Å²) in [5.74, 6) is 0.332. The maximum Gasteiger partial charge on any atom is 0.309 e. The van der Waals surface area contributed by atoms with Crippen LogP contribution in [-0.4, -0.2) is 62.1 Å². The first-order valence-electron chi connectivity index (χ1n) is 18.8. The van der Waals surface area contributed by atoms with Gasteiger partial charge in [0.15, 0.2) is 0 Å². The molecule has 9 heteroatoms. The molecule has 0 radical (unpaired) electrons. The molecular formula is C41H61NO6S2. The maximum atomic E-state index is 12.7. The fraction of sp³-hybridized carbons (Fsp3) is 0.634. The maximum absolute atomic E-state index is 12.7. The molecule has 0 spiro atoms. The van der Waals surface area contributed by atoms with Gasteiger partial charge < -0.3 is 31.3 Å². The number of rotatable bonds is 13. The van der Waals surface area contributed by atoms with Crippen LogP contribution in [0.1, 0.15) is 93.4 Å². The Kier molecular flexibility index (Phi) is 17.7.